The van der Waals surface area contributed by atoms with Gasteiger partial charge < -0.3 is 15.6 Å². The van der Waals surface area contributed by atoms with Crippen LogP contribution >= 0.6 is 0 Å². The molecule has 0 rings (SSSR count). The van der Waals surface area contributed by atoms with E-state index in [0.717, 1.165) is 0 Å². The van der Waals surface area contributed by atoms with Gasteiger partial charge in [-0.25, -0.2) is 0 Å². The van der Waals surface area contributed by atoms with E-state index in [0.29, 0.717) is 6.42 Å². The Hall–Kier alpha value is -1.19. The molecule has 0 bridgehead atoms. The molecule has 1 atom stereocenters. The van der Waals surface area contributed by atoms with Crippen molar-refractivity contribution < 1.29 is 19.5 Å². The van der Waals surface area contributed by atoms with Crippen LogP contribution in [0.2, 0.25) is 0 Å². The van der Waals surface area contributed by atoms with E-state index in [9.17, 15) is 9.90 Å². The summed E-state index contributed by atoms with van der Waals surface area (Å²) in [5.41, 5.74) is 4.95. The van der Waals surface area contributed by atoms with Crippen LogP contribution in [0.5, 0.6) is 0 Å². The van der Waals surface area contributed by atoms with Crippen molar-refractivity contribution in [2.24, 2.45) is 5.73 Å². The Morgan fingerprint density at radius 1 is 1.70 bits per heavy atom. The van der Waals surface area contributed by atoms with Crippen LogP contribution in [0.1, 0.15) is 13.3 Å². The zero-order chi connectivity index (χ0) is 8.57. The van der Waals surface area contributed by atoms with Crippen molar-refractivity contribution in [1.29, 1.82) is 0 Å². The van der Waals surface area contributed by atoms with Gasteiger partial charge in [0.25, 0.3) is 0 Å². The Bertz CT molecular complexity index is 128. The molecule has 58 valence electrons. The van der Waals surface area contributed by atoms with E-state index < -0.39 is 12.0 Å². The molecule has 0 spiro atoms. The highest BCUT2D eigenvalue weighted by molar-refractivity contribution is 5.70. The van der Waals surface area contributed by atoms with E-state index in [1.807, 2.05) is 0 Å². The third kappa shape index (κ3) is 9.94. The molecule has 0 heterocycles. The molecule has 5 heteroatoms. The van der Waals surface area contributed by atoms with E-state index in [1.165, 1.54) is 0 Å². The number of aliphatic carboxylic acids is 1. The maximum absolute atomic E-state index is 9.69. The summed E-state index contributed by atoms with van der Waals surface area (Å²) in [5, 5.41) is 9.69. The zero-order valence-electron chi connectivity index (χ0n) is 5.49. The summed E-state index contributed by atoms with van der Waals surface area (Å²) in [6.07, 6.45) is 0.683. The number of carboxylic acids is 1. The largest absolute Gasteiger partial charge is 0.548 e. The first kappa shape index (κ1) is 11.6. The SMILES string of the molecule is CCC(N)C(=O)[O-].O=C=O. The van der Waals surface area contributed by atoms with Crippen LogP contribution in [0.3, 0.4) is 0 Å². The minimum atomic E-state index is -1.18. The summed E-state index contributed by atoms with van der Waals surface area (Å²) >= 11 is 0. The summed E-state index contributed by atoms with van der Waals surface area (Å²) in [4.78, 5) is 25.9. The van der Waals surface area contributed by atoms with Crippen molar-refractivity contribution in [3.05, 3.63) is 0 Å². The lowest BCUT2D eigenvalue weighted by atomic mass is 10.2. The molecule has 0 amide bonds. The first-order valence-electron chi connectivity index (χ1n) is 2.55. The van der Waals surface area contributed by atoms with Crippen LogP contribution in [-0.2, 0) is 14.4 Å². The van der Waals surface area contributed by atoms with Crippen LogP contribution in [0.15, 0.2) is 0 Å². The number of rotatable bonds is 2. The molecule has 0 aromatic heterocycles. The Kier molecular flexibility index (Phi) is 9.05. The first-order valence-corrected chi connectivity index (χ1v) is 2.55. The van der Waals surface area contributed by atoms with Gasteiger partial charge >= 0.3 is 6.15 Å². The van der Waals surface area contributed by atoms with Crippen LogP contribution in [-0.4, -0.2) is 18.2 Å². The molecule has 0 aliphatic carbocycles. The lowest BCUT2D eigenvalue weighted by Crippen LogP contribution is -2.41. The molecule has 0 saturated carbocycles. The van der Waals surface area contributed by atoms with Crippen molar-refractivity contribution in [2.75, 3.05) is 0 Å². The molecule has 0 aromatic rings. The van der Waals surface area contributed by atoms with E-state index in [4.69, 9.17) is 15.3 Å². The standard InChI is InChI=1S/C4H9NO2.CO2/c1-2-3(5)4(6)7;2-1-3/h3H,2,5H2,1H3,(H,6,7);/p-1. The molecule has 10 heavy (non-hydrogen) atoms. The second kappa shape index (κ2) is 7.81. The summed E-state index contributed by atoms with van der Waals surface area (Å²) < 4.78 is 0. The van der Waals surface area contributed by atoms with E-state index >= 15 is 0 Å². The molecular weight excluding hydrogens is 138 g/mol. The molecule has 5 nitrogen and oxygen atoms in total. The zero-order valence-corrected chi connectivity index (χ0v) is 5.49. The van der Waals surface area contributed by atoms with Gasteiger partial charge in [0.15, 0.2) is 0 Å². The lowest BCUT2D eigenvalue weighted by molar-refractivity contribution is -0.307. The van der Waals surface area contributed by atoms with Gasteiger partial charge in [-0.1, -0.05) is 6.92 Å². The average molecular weight is 146 g/mol. The molecule has 0 saturated heterocycles. The summed E-state index contributed by atoms with van der Waals surface area (Å²) in [6, 6.07) is -0.792. The van der Waals surface area contributed by atoms with Crippen molar-refractivity contribution in [1.82, 2.24) is 0 Å². The first-order chi connectivity index (χ1) is 4.59. The van der Waals surface area contributed by atoms with Crippen LogP contribution in [0, 0.1) is 0 Å². The molecule has 0 fully saturated rings. The Morgan fingerprint density at radius 3 is 2.00 bits per heavy atom. The third-order valence-electron chi connectivity index (χ3n) is 0.743. The quantitative estimate of drug-likeness (QED) is 0.480. The van der Waals surface area contributed by atoms with Gasteiger partial charge in [-0.2, -0.15) is 9.59 Å². The van der Waals surface area contributed by atoms with Gasteiger partial charge in [-0.05, 0) is 6.42 Å². The van der Waals surface area contributed by atoms with Crippen LogP contribution < -0.4 is 10.8 Å². The van der Waals surface area contributed by atoms with Gasteiger partial charge in [0.2, 0.25) is 0 Å². The Labute approximate surface area is 57.8 Å². The van der Waals surface area contributed by atoms with Crippen molar-refractivity contribution in [3.63, 3.8) is 0 Å². The molecular formula is C5H8NO4-. The maximum atomic E-state index is 9.69. The van der Waals surface area contributed by atoms with Gasteiger partial charge in [-0.3, -0.25) is 0 Å². The third-order valence-corrected chi connectivity index (χ3v) is 0.743. The van der Waals surface area contributed by atoms with Crippen molar-refractivity contribution >= 4 is 12.1 Å². The van der Waals surface area contributed by atoms with Gasteiger partial charge in [0.1, 0.15) is 0 Å². The number of carboxylic acid groups (broad SMARTS) is 1. The smallest absolute Gasteiger partial charge is 0.373 e. The summed E-state index contributed by atoms with van der Waals surface area (Å²) in [7, 11) is 0. The molecule has 1 unspecified atom stereocenters. The highest BCUT2D eigenvalue weighted by atomic mass is 16.4. The number of nitrogens with two attached hydrogens (primary N) is 1. The topological polar surface area (TPSA) is 100 Å². The molecule has 0 radical (unpaired) electrons. The van der Waals surface area contributed by atoms with Gasteiger partial charge in [0, 0.05) is 6.04 Å². The number of hydrogen-bond donors (Lipinski definition) is 1. The molecule has 0 aliphatic rings. The predicted molar refractivity (Wildman–Crippen MR) is 28.3 cm³/mol. The van der Waals surface area contributed by atoms with Crippen molar-refractivity contribution in [2.45, 2.75) is 19.4 Å². The fourth-order valence-corrected chi connectivity index (χ4v) is 0.167. The van der Waals surface area contributed by atoms with Gasteiger partial charge in [0.05, 0.1) is 5.97 Å². The average Bonchev–Trinajstić information content (AvgIpc) is 1.88. The van der Waals surface area contributed by atoms with Gasteiger partial charge in [-0.15, -0.1) is 0 Å². The second-order valence-corrected chi connectivity index (χ2v) is 1.42. The highest BCUT2D eigenvalue weighted by Gasteiger charge is 1.94. The normalized spacial score (nSPS) is 10.2. The highest BCUT2D eigenvalue weighted by Crippen LogP contribution is 1.79. The molecule has 2 N–H and O–H groups in total. The number of carbonyl (C=O) groups excluding carboxylic acids is 3. The minimum absolute atomic E-state index is 0.250. The summed E-state index contributed by atoms with van der Waals surface area (Å²) in [6.45, 7) is 1.69. The minimum Gasteiger partial charge on any atom is -0.548 e. The monoisotopic (exact) mass is 146 g/mol. The van der Waals surface area contributed by atoms with E-state index in [2.05, 4.69) is 0 Å². The van der Waals surface area contributed by atoms with Crippen LogP contribution in [0.25, 0.3) is 0 Å². The Morgan fingerprint density at radius 2 is 2.00 bits per heavy atom. The fraction of sp³-hybridized carbons (Fsp3) is 0.600. The lowest BCUT2D eigenvalue weighted by Gasteiger charge is -2.06. The maximum Gasteiger partial charge on any atom is 0.373 e. The predicted octanol–water partition coefficient (Wildman–Crippen LogP) is -2.11. The van der Waals surface area contributed by atoms with E-state index in [-0.39, 0.29) is 6.15 Å². The number of hydrogen-bond acceptors (Lipinski definition) is 5. The van der Waals surface area contributed by atoms with Crippen molar-refractivity contribution in [3.8, 4) is 0 Å². The fourth-order valence-electron chi connectivity index (χ4n) is 0.167. The molecule has 0 aromatic carbocycles. The Balaban J connectivity index is 0. The number of carbonyl (C=O) groups is 1. The molecule has 0 aliphatic heterocycles. The van der Waals surface area contributed by atoms with Crippen LogP contribution in [0.4, 0.5) is 0 Å². The summed E-state index contributed by atoms with van der Waals surface area (Å²) in [5.74, 6) is -1.18. The second-order valence-electron chi connectivity index (χ2n) is 1.42. The van der Waals surface area contributed by atoms with E-state index in [1.54, 1.807) is 6.92 Å².